The third-order valence-corrected chi connectivity index (χ3v) is 8.76. The second-order valence-corrected chi connectivity index (χ2v) is 9.63. The van der Waals surface area contributed by atoms with Gasteiger partial charge in [-0.1, -0.05) is 54.6 Å². The van der Waals surface area contributed by atoms with Gasteiger partial charge in [0.15, 0.2) is 6.29 Å². The van der Waals surface area contributed by atoms with E-state index in [0.29, 0.717) is 0 Å². The van der Waals surface area contributed by atoms with Crippen molar-refractivity contribution in [2.24, 2.45) is 0 Å². The van der Waals surface area contributed by atoms with Gasteiger partial charge in [0, 0.05) is 0 Å². The molecule has 0 aliphatic heterocycles. The van der Waals surface area contributed by atoms with Gasteiger partial charge in [-0.25, -0.2) is 0 Å². The fourth-order valence-electron chi connectivity index (χ4n) is 3.04. The van der Waals surface area contributed by atoms with Crippen molar-refractivity contribution < 1.29 is 20.1 Å². The number of rotatable bonds is 5. The molecule has 2 N–H and O–H groups in total. The molecule has 4 nitrogen and oxygen atoms in total. The molecule has 0 heterocycles. The third-order valence-electron chi connectivity index (χ3n) is 4.28. The first-order chi connectivity index (χ1) is 13.0. The molecule has 0 aliphatic carbocycles. The van der Waals surface area contributed by atoms with Crippen LogP contribution in [0.15, 0.2) is 91.0 Å². The average molecular weight is 382 g/mol. The maximum atomic E-state index is 9.09. The van der Waals surface area contributed by atoms with Crippen molar-refractivity contribution >= 4 is 29.1 Å². The van der Waals surface area contributed by atoms with Gasteiger partial charge in [-0.3, -0.25) is 0 Å². The molecule has 3 aromatic carbocycles. The van der Waals surface area contributed by atoms with E-state index < -0.39 is 19.5 Å². The summed E-state index contributed by atoms with van der Waals surface area (Å²) in [6.07, 6.45) is -1.20. The lowest BCUT2D eigenvalue weighted by molar-refractivity contribution is -0.327. The van der Waals surface area contributed by atoms with Crippen molar-refractivity contribution in [1.82, 2.24) is 0 Å². The SMILES string of the molecule is CC[P+](c1ccccc1)(c1ccccc1)c1ccccc1.O=C([O-])C(O)O. The second-order valence-electron chi connectivity index (χ2n) is 5.83. The Labute approximate surface area is 160 Å². The molecule has 0 saturated heterocycles. The minimum atomic E-state index is -2.34. The van der Waals surface area contributed by atoms with Crippen LogP contribution in [0.2, 0.25) is 0 Å². The largest absolute Gasteiger partial charge is 0.545 e. The number of carboxylic acid groups (broad SMARTS) is 1. The molecule has 3 aromatic rings. The normalized spacial score (nSPS) is 10.8. The van der Waals surface area contributed by atoms with E-state index in [1.807, 2.05) is 0 Å². The van der Waals surface area contributed by atoms with Gasteiger partial charge in [0.2, 0.25) is 0 Å². The highest BCUT2D eigenvalue weighted by atomic mass is 31.2. The molecule has 0 aliphatic rings. The predicted octanol–water partition coefficient (Wildman–Crippen LogP) is 1.05. The average Bonchev–Trinajstić information content (AvgIpc) is 2.72. The van der Waals surface area contributed by atoms with Crippen LogP contribution < -0.4 is 21.0 Å². The Bertz CT molecular complexity index is 724. The van der Waals surface area contributed by atoms with E-state index in [2.05, 4.69) is 97.9 Å². The summed E-state index contributed by atoms with van der Waals surface area (Å²) in [5.41, 5.74) is 0. The van der Waals surface area contributed by atoms with Crippen molar-refractivity contribution in [3.63, 3.8) is 0 Å². The molecule has 140 valence electrons. The van der Waals surface area contributed by atoms with Gasteiger partial charge in [0.25, 0.3) is 0 Å². The van der Waals surface area contributed by atoms with Gasteiger partial charge in [0.1, 0.15) is 23.2 Å². The number of aliphatic carboxylic acids is 1. The second kappa shape index (κ2) is 9.98. The van der Waals surface area contributed by atoms with Crippen molar-refractivity contribution in [1.29, 1.82) is 0 Å². The number of aliphatic hydroxyl groups excluding tert-OH is 1. The Balaban J connectivity index is 0.000000380. The summed E-state index contributed by atoms with van der Waals surface area (Å²) in [5, 5.41) is 28.5. The lowest BCUT2D eigenvalue weighted by atomic mass is 10.4. The van der Waals surface area contributed by atoms with Crippen molar-refractivity contribution in [3.05, 3.63) is 91.0 Å². The molecule has 27 heavy (non-hydrogen) atoms. The van der Waals surface area contributed by atoms with E-state index in [0.717, 1.165) is 6.16 Å². The Kier molecular flexibility index (Phi) is 7.68. The van der Waals surface area contributed by atoms with E-state index in [9.17, 15) is 0 Å². The summed E-state index contributed by atoms with van der Waals surface area (Å²) in [7, 11) is -1.53. The third kappa shape index (κ3) is 5.01. The first-order valence-corrected chi connectivity index (χ1v) is 10.6. The van der Waals surface area contributed by atoms with Gasteiger partial charge in [-0.05, 0) is 43.3 Å². The molecule has 0 fully saturated rings. The molecule has 0 amide bonds. The number of carbonyl (C=O) groups excluding carboxylic acids is 1. The first-order valence-electron chi connectivity index (χ1n) is 8.64. The van der Waals surface area contributed by atoms with Crippen LogP contribution >= 0.6 is 7.26 Å². The van der Waals surface area contributed by atoms with Crippen LogP contribution in [0, 0.1) is 0 Å². The standard InChI is InChI=1S/C20H20P.C2H4O4/c1-2-21(18-12-6-3-7-13-18,19-14-8-4-9-15-19)20-16-10-5-11-17-20;3-1(4)2(5)6/h3-17H,2H2,1H3;1,3-4H,(H,5,6)/q+1;/p-1. The molecular formula is C22H23O4P. The molecule has 0 unspecified atom stereocenters. The predicted molar refractivity (Wildman–Crippen MR) is 109 cm³/mol. The lowest BCUT2D eigenvalue weighted by Crippen LogP contribution is -2.34. The summed E-state index contributed by atoms with van der Waals surface area (Å²) < 4.78 is 0. The molecule has 0 radical (unpaired) electrons. The highest BCUT2D eigenvalue weighted by Gasteiger charge is 2.43. The zero-order valence-corrected chi connectivity index (χ0v) is 16.0. The van der Waals surface area contributed by atoms with Gasteiger partial charge in [0.05, 0.1) is 12.1 Å². The number of carboxylic acids is 1. The summed E-state index contributed by atoms with van der Waals surface area (Å²) in [6, 6.07) is 33.0. The van der Waals surface area contributed by atoms with E-state index in [4.69, 9.17) is 20.1 Å². The minimum Gasteiger partial charge on any atom is -0.545 e. The van der Waals surface area contributed by atoms with Crippen LogP contribution in [0.25, 0.3) is 0 Å². The number of benzene rings is 3. The molecular weight excluding hydrogens is 359 g/mol. The van der Waals surface area contributed by atoms with Crippen LogP contribution in [-0.4, -0.2) is 28.6 Å². The zero-order valence-electron chi connectivity index (χ0n) is 15.1. The van der Waals surface area contributed by atoms with Crippen LogP contribution in [-0.2, 0) is 4.79 Å². The van der Waals surface area contributed by atoms with Crippen LogP contribution in [0.5, 0.6) is 0 Å². The Morgan fingerprint density at radius 3 is 1.22 bits per heavy atom. The van der Waals surface area contributed by atoms with Gasteiger partial charge in [-0.2, -0.15) is 0 Å². The summed E-state index contributed by atoms with van der Waals surface area (Å²) in [6.45, 7) is 2.32. The maximum Gasteiger partial charge on any atom is 0.193 e. The highest BCUT2D eigenvalue weighted by Crippen LogP contribution is 2.54. The number of hydrogen-bond acceptors (Lipinski definition) is 4. The Morgan fingerprint density at radius 2 is 1.04 bits per heavy atom. The van der Waals surface area contributed by atoms with Gasteiger partial charge >= 0.3 is 0 Å². The fraction of sp³-hybridized carbons (Fsp3) is 0.136. The quantitative estimate of drug-likeness (QED) is 0.511. The van der Waals surface area contributed by atoms with E-state index in [1.165, 1.54) is 15.9 Å². The molecule has 3 rings (SSSR count). The molecule has 0 aromatic heterocycles. The van der Waals surface area contributed by atoms with Crippen molar-refractivity contribution in [3.8, 4) is 0 Å². The highest BCUT2D eigenvalue weighted by molar-refractivity contribution is 7.95. The van der Waals surface area contributed by atoms with Gasteiger partial charge < -0.3 is 20.1 Å². The van der Waals surface area contributed by atoms with E-state index in [-0.39, 0.29) is 0 Å². The van der Waals surface area contributed by atoms with Gasteiger partial charge in [-0.15, -0.1) is 0 Å². The monoisotopic (exact) mass is 382 g/mol. The smallest absolute Gasteiger partial charge is 0.193 e. The number of hydrogen-bond donors (Lipinski definition) is 2. The summed E-state index contributed by atoms with van der Waals surface area (Å²) in [5.74, 6) is -1.88. The van der Waals surface area contributed by atoms with Crippen LogP contribution in [0.1, 0.15) is 6.92 Å². The number of aliphatic hydroxyl groups is 2. The molecule has 5 heteroatoms. The lowest BCUT2D eigenvalue weighted by Gasteiger charge is -2.26. The van der Waals surface area contributed by atoms with Crippen LogP contribution in [0.3, 0.4) is 0 Å². The minimum absolute atomic E-state index is 1.14. The van der Waals surface area contributed by atoms with Crippen LogP contribution in [0.4, 0.5) is 0 Å². The maximum absolute atomic E-state index is 9.09. The fourth-order valence-corrected chi connectivity index (χ4v) is 7.08. The Morgan fingerprint density at radius 1 is 0.778 bits per heavy atom. The zero-order chi connectivity index (χ0) is 19.7. The Hall–Kier alpha value is -2.52. The summed E-state index contributed by atoms with van der Waals surface area (Å²) >= 11 is 0. The molecule has 0 saturated carbocycles. The molecule has 0 spiro atoms. The van der Waals surface area contributed by atoms with E-state index >= 15 is 0 Å². The van der Waals surface area contributed by atoms with Crippen molar-refractivity contribution in [2.75, 3.05) is 6.16 Å². The first kappa shape index (κ1) is 20.8. The number of carbonyl (C=O) groups is 1. The topological polar surface area (TPSA) is 80.6 Å². The molecule has 0 bridgehead atoms. The molecule has 0 atom stereocenters. The van der Waals surface area contributed by atoms with E-state index in [1.54, 1.807) is 0 Å². The van der Waals surface area contributed by atoms with Crippen molar-refractivity contribution in [2.45, 2.75) is 13.2 Å². The summed E-state index contributed by atoms with van der Waals surface area (Å²) in [4.78, 5) is 9.09.